The SMILES string of the molecule is COc1c(C)cc(CCN(C)C(C)CCN)cc1C. The first kappa shape index (κ1) is 16.0. The maximum absolute atomic E-state index is 5.61. The van der Waals surface area contributed by atoms with Gasteiger partial charge in [-0.1, -0.05) is 12.1 Å². The zero-order valence-corrected chi connectivity index (χ0v) is 13.0. The molecule has 1 aromatic rings. The summed E-state index contributed by atoms with van der Waals surface area (Å²) in [5, 5.41) is 0. The smallest absolute Gasteiger partial charge is 0.124 e. The molecule has 3 heteroatoms. The van der Waals surface area contributed by atoms with Gasteiger partial charge in [0.25, 0.3) is 0 Å². The van der Waals surface area contributed by atoms with E-state index in [1.54, 1.807) is 7.11 Å². The summed E-state index contributed by atoms with van der Waals surface area (Å²) >= 11 is 0. The minimum Gasteiger partial charge on any atom is -0.496 e. The third kappa shape index (κ3) is 4.51. The van der Waals surface area contributed by atoms with Gasteiger partial charge in [-0.3, -0.25) is 0 Å². The summed E-state index contributed by atoms with van der Waals surface area (Å²) in [6.45, 7) is 8.27. The lowest BCUT2D eigenvalue weighted by atomic mass is 10.0. The second-order valence-electron chi connectivity index (χ2n) is 5.42. The molecule has 0 aliphatic carbocycles. The molecular formula is C16H28N2O. The van der Waals surface area contributed by atoms with E-state index in [1.165, 1.54) is 16.7 Å². The van der Waals surface area contributed by atoms with E-state index in [-0.39, 0.29) is 0 Å². The van der Waals surface area contributed by atoms with Gasteiger partial charge in [-0.25, -0.2) is 0 Å². The Hall–Kier alpha value is -1.06. The summed E-state index contributed by atoms with van der Waals surface area (Å²) in [7, 11) is 3.90. The Balaban J connectivity index is 2.63. The van der Waals surface area contributed by atoms with Gasteiger partial charge < -0.3 is 15.4 Å². The van der Waals surface area contributed by atoms with Crippen molar-refractivity contribution in [1.82, 2.24) is 4.90 Å². The Morgan fingerprint density at radius 3 is 2.32 bits per heavy atom. The molecule has 0 aliphatic rings. The first-order chi connectivity index (χ1) is 8.99. The van der Waals surface area contributed by atoms with Gasteiger partial charge in [-0.15, -0.1) is 0 Å². The fourth-order valence-electron chi connectivity index (χ4n) is 2.49. The number of hydrogen-bond acceptors (Lipinski definition) is 3. The average Bonchev–Trinajstić information content (AvgIpc) is 2.36. The predicted molar refractivity (Wildman–Crippen MR) is 81.9 cm³/mol. The van der Waals surface area contributed by atoms with Crippen LogP contribution in [0.15, 0.2) is 12.1 Å². The second kappa shape index (κ2) is 7.51. The number of methoxy groups -OCH3 is 1. The van der Waals surface area contributed by atoms with E-state index in [0.29, 0.717) is 6.04 Å². The van der Waals surface area contributed by atoms with E-state index in [0.717, 1.165) is 31.7 Å². The molecule has 1 atom stereocenters. The van der Waals surface area contributed by atoms with Crippen molar-refractivity contribution in [3.63, 3.8) is 0 Å². The lowest BCUT2D eigenvalue weighted by molar-refractivity contribution is 0.251. The molecule has 0 fully saturated rings. The molecule has 0 saturated carbocycles. The van der Waals surface area contributed by atoms with Crippen molar-refractivity contribution < 1.29 is 4.74 Å². The van der Waals surface area contributed by atoms with Gasteiger partial charge in [0.15, 0.2) is 0 Å². The van der Waals surface area contributed by atoms with Crippen LogP contribution in [0.25, 0.3) is 0 Å². The summed E-state index contributed by atoms with van der Waals surface area (Å²) in [6.07, 6.45) is 2.12. The molecule has 19 heavy (non-hydrogen) atoms. The molecule has 0 aromatic heterocycles. The number of nitrogens with zero attached hydrogens (tertiary/aromatic N) is 1. The number of aryl methyl sites for hydroxylation is 2. The molecule has 0 spiro atoms. The standard InChI is InChI=1S/C16H28N2O/c1-12-10-15(11-13(2)16(12)19-5)7-9-18(4)14(3)6-8-17/h10-11,14H,6-9,17H2,1-5H3. The molecule has 0 radical (unpaired) electrons. The summed E-state index contributed by atoms with van der Waals surface area (Å²) in [6, 6.07) is 5.01. The quantitative estimate of drug-likeness (QED) is 0.822. The van der Waals surface area contributed by atoms with Gasteiger partial charge in [0, 0.05) is 12.6 Å². The minimum atomic E-state index is 0.547. The molecule has 0 saturated heterocycles. The fraction of sp³-hybridized carbons (Fsp3) is 0.625. The lowest BCUT2D eigenvalue weighted by Crippen LogP contribution is -2.32. The average molecular weight is 264 g/mol. The molecule has 0 bridgehead atoms. The van der Waals surface area contributed by atoms with Crippen LogP contribution in [-0.2, 0) is 6.42 Å². The van der Waals surface area contributed by atoms with Gasteiger partial charge in [0.1, 0.15) is 5.75 Å². The summed E-state index contributed by atoms with van der Waals surface area (Å²) in [5.74, 6) is 1.01. The summed E-state index contributed by atoms with van der Waals surface area (Å²) < 4.78 is 5.40. The van der Waals surface area contributed by atoms with Crippen molar-refractivity contribution in [3.8, 4) is 5.75 Å². The molecule has 2 N–H and O–H groups in total. The topological polar surface area (TPSA) is 38.5 Å². The number of likely N-dealkylation sites (N-methyl/N-ethyl adjacent to an activating group) is 1. The van der Waals surface area contributed by atoms with E-state index in [9.17, 15) is 0 Å². The van der Waals surface area contributed by atoms with Crippen LogP contribution in [0.3, 0.4) is 0 Å². The van der Waals surface area contributed by atoms with Crippen LogP contribution < -0.4 is 10.5 Å². The van der Waals surface area contributed by atoms with Gasteiger partial charge in [0.2, 0.25) is 0 Å². The monoisotopic (exact) mass is 264 g/mol. The molecular weight excluding hydrogens is 236 g/mol. The van der Waals surface area contributed by atoms with Gasteiger partial charge in [-0.05, 0) is 63.9 Å². The minimum absolute atomic E-state index is 0.547. The van der Waals surface area contributed by atoms with Gasteiger partial charge in [0.05, 0.1) is 7.11 Å². The highest BCUT2D eigenvalue weighted by atomic mass is 16.5. The molecule has 1 rings (SSSR count). The van der Waals surface area contributed by atoms with Crippen LogP contribution in [0.5, 0.6) is 5.75 Å². The van der Waals surface area contributed by atoms with E-state index in [1.807, 2.05) is 0 Å². The first-order valence-corrected chi connectivity index (χ1v) is 7.04. The molecule has 0 amide bonds. The highest BCUT2D eigenvalue weighted by Crippen LogP contribution is 2.24. The fourth-order valence-corrected chi connectivity index (χ4v) is 2.49. The number of nitrogens with two attached hydrogens (primary N) is 1. The molecule has 108 valence electrons. The highest BCUT2D eigenvalue weighted by molar-refractivity contribution is 5.43. The van der Waals surface area contributed by atoms with Crippen molar-refractivity contribution >= 4 is 0 Å². The lowest BCUT2D eigenvalue weighted by Gasteiger charge is -2.24. The molecule has 0 heterocycles. The van der Waals surface area contributed by atoms with E-state index < -0.39 is 0 Å². The van der Waals surface area contributed by atoms with Crippen LogP contribution in [0.1, 0.15) is 30.0 Å². The predicted octanol–water partition coefficient (Wildman–Crippen LogP) is 2.52. The van der Waals surface area contributed by atoms with Crippen LogP contribution in [0.2, 0.25) is 0 Å². The Labute approximate surface area is 117 Å². The Bertz CT molecular complexity index is 381. The van der Waals surface area contributed by atoms with Crippen molar-refractivity contribution in [2.75, 3.05) is 27.2 Å². The van der Waals surface area contributed by atoms with Crippen LogP contribution in [0.4, 0.5) is 0 Å². The van der Waals surface area contributed by atoms with Crippen molar-refractivity contribution in [2.45, 2.75) is 39.7 Å². The van der Waals surface area contributed by atoms with Gasteiger partial charge >= 0.3 is 0 Å². The van der Waals surface area contributed by atoms with E-state index in [2.05, 4.69) is 44.9 Å². The second-order valence-corrected chi connectivity index (χ2v) is 5.42. The Morgan fingerprint density at radius 1 is 1.26 bits per heavy atom. The Morgan fingerprint density at radius 2 is 1.84 bits per heavy atom. The third-order valence-corrected chi connectivity index (χ3v) is 3.81. The molecule has 3 nitrogen and oxygen atoms in total. The number of ether oxygens (including phenoxy) is 1. The summed E-state index contributed by atoms with van der Waals surface area (Å²) in [4.78, 5) is 2.38. The van der Waals surface area contributed by atoms with Crippen molar-refractivity contribution in [2.24, 2.45) is 5.73 Å². The molecule has 1 aromatic carbocycles. The van der Waals surface area contributed by atoms with Crippen LogP contribution in [-0.4, -0.2) is 38.2 Å². The van der Waals surface area contributed by atoms with Crippen LogP contribution in [0, 0.1) is 13.8 Å². The molecule has 0 aliphatic heterocycles. The maximum atomic E-state index is 5.61. The first-order valence-electron chi connectivity index (χ1n) is 7.04. The summed E-state index contributed by atoms with van der Waals surface area (Å²) in [5.41, 5.74) is 9.42. The normalized spacial score (nSPS) is 12.8. The third-order valence-electron chi connectivity index (χ3n) is 3.81. The number of benzene rings is 1. The zero-order chi connectivity index (χ0) is 14.4. The Kier molecular flexibility index (Phi) is 6.32. The maximum Gasteiger partial charge on any atom is 0.124 e. The van der Waals surface area contributed by atoms with Crippen molar-refractivity contribution in [1.29, 1.82) is 0 Å². The number of rotatable bonds is 7. The highest BCUT2D eigenvalue weighted by Gasteiger charge is 2.09. The molecule has 1 unspecified atom stereocenters. The number of hydrogen-bond donors (Lipinski definition) is 1. The van der Waals surface area contributed by atoms with E-state index in [4.69, 9.17) is 10.5 Å². The van der Waals surface area contributed by atoms with E-state index >= 15 is 0 Å². The largest absolute Gasteiger partial charge is 0.496 e. The zero-order valence-electron chi connectivity index (χ0n) is 13.0. The van der Waals surface area contributed by atoms with Gasteiger partial charge in [-0.2, -0.15) is 0 Å². The van der Waals surface area contributed by atoms with Crippen LogP contribution >= 0.6 is 0 Å². The van der Waals surface area contributed by atoms with Crippen molar-refractivity contribution in [3.05, 3.63) is 28.8 Å².